The zero-order valence-corrected chi connectivity index (χ0v) is 11.5. The van der Waals surface area contributed by atoms with Crippen LogP contribution in [0, 0.1) is 0 Å². The summed E-state index contributed by atoms with van der Waals surface area (Å²) < 4.78 is 0. The van der Waals surface area contributed by atoms with Gasteiger partial charge in [0, 0.05) is 33.1 Å². The van der Waals surface area contributed by atoms with Crippen LogP contribution in [0.4, 0.5) is 16.2 Å². The number of rotatable bonds is 4. The number of aliphatic carboxylic acids is 1. The van der Waals surface area contributed by atoms with Crippen molar-refractivity contribution in [1.29, 1.82) is 0 Å². The molecule has 6 heteroatoms. The molecular formula is C14H19N3O3. The predicted molar refractivity (Wildman–Crippen MR) is 77.3 cm³/mol. The molecule has 1 heterocycles. The Hall–Kier alpha value is -2.24. The summed E-state index contributed by atoms with van der Waals surface area (Å²) in [4.78, 5) is 26.4. The smallest absolute Gasteiger partial charge is 0.322 e. The van der Waals surface area contributed by atoms with Crippen molar-refractivity contribution in [3.05, 3.63) is 24.3 Å². The molecule has 2 rings (SSSR count). The summed E-state index contributed by atoms with van der Waals surface area (Å²) >= 11 is 0. The van der Waals surface area contributed by atoms with Crippen LogP contribution in [0.2, 0.25) is 0 Å². The molecule has 0 atom stereocenters. The molecule has 1 aliphatic heterocycles. The molecule has 0 aromatic heterocycles. The van der Waals surface area contributed by atoms with E-state index in [0.717, 1.165) is 17.9 Å². The lowest BCUT2D eigenvalue weighted by Crippen LogP contribution is -2.47. The zero-order chi connectivity index (χ0) is 14.5. The number of carboxylic acid groups (broad SMARTS) is 1. The molecule has 0 saturated carbocycles. The minimum absolute atomic E-state index is 0.0691. The van der Waals surface area contributed by atoms with E-state index in [1.807, 2.05) is 31.3 Å². The molecule has 0 unspecified atom stereocenters. The van der Waals surface area contributed by atoms with Gasteiger partial charge in [0.2, 0.25) is 0 Å². The van der Waals surface area contributed by atoms with Crippen molar-refractivity contribution >= 4 is 23.4 Å². The molecule has 1 aromatic rings. The largest absolute Gasteiger partial charge is 0.481 e. The molecule has 108 valence electrons. The molecule has 20 heavy (non-hydrogen) atoms. The van der Waals surface area contributed by atoms with Crippen LogP contribution in [-0.2, 0) is 4.79 Å². The van der Waals surface area contributed by atoms with E-state index < -0.39 is 5.97 Å². The Morgan fingerprint density at radius 3 is 2.65 bits per heavy atom. The van der Waals surface area contributed by atoms with Crippen LogP contribution in [0.25, 0.3) is 0 Å². The third-order valence-corrected chi connectivity index (χ3v) is 3.33. The molecule has 0 fully saturated rings. The molecule has 0 bridgehead atoms. The highest BCUT2D eigenvalue weighted by Gasteiger charge is 2.24. The van der Waals surface area contributed by atoms with Crippen molar-refractivity contribution in [2.75, 3.05) is 36.5 Å². The van der Waals surface area contributed by atoms with E-state index in [2.05, 4.69) is 10.2 Å². The van der Waals surface area contributed by atoms with Crippen LogP contribution in [0.15, 0.2) is 24.3 Å². The second-order valence-corrected chi connectivity index (χ2v) is 4.79. The number of hydrogen-bond donors (Lipinski definition) is 2. The zero-order valence-electron chi connectivity index (χ0n) is 11.5. The van der Waals surface area contributed by atoms with Crippen LogP contribution in [0.5, 0.6) is 0 Å². The molecular weight excluding hydrogens is 258 g/mol. The summed E-state index contributed by atoms with van der Waals surface area (Å²) in [5, 5.41) is 11.3. The number of hydrogen-bond acceptors (Lipinski definition) is 3. The molecule has 0 saturated heterocycles. The fraction of sp³-hybridized carbons (Fsp3) is 0.429. The summed E-state index contributed by atoms with van der Waals surface area (Å²) in [6.07, 6.45) is 0.510. The maximum absolute atomic E-state index is 12.2. The molecule has 1 aromatic carbocycles. The Bertz CT molecular complexity index is 504. The van der Waals surface area contributed by atoms with E-state index in [1.165, 1.54) is 0 Å². The molecule has 1 aliphatic rings. The number of nitrogens with one attached hydrogen (secondary N) is 1. The molecule has 6 nitrogen and oxygen atoms in total. The number of carbonyl (C=O) groups is 2. The number of anilines is 2. The number of urea groups is 1. The Labute approximate surface area is 118 Å². The highest BCUT2D eigenvalue weighted by Crippen LogP contribution is 2.31. The Morgan fingerprint density at radius 1 is 1.25 bits per heavy atom. The normalized spacial score (nSPS) is 13.8. The maximum atomic E-state index is 12.2. The van der Waals surface area contributed by atoms with Gasteiger partial charge in [0.25, 0.3) is 0 Å². The Kier molecular flexibility index (Phi) is 4.45. The molecule has 2 amide bonds. The molecule has 2 N–H and O–H groups in total. The summed E-state index contributed by atoms with van der Waals surface area (Å²) in [7, 11) is 2.00. The van der Waals surface area contributed by atoms with Gasteiger partial charge in [-0.25, -0.2) is 4.79 Å². The summed E-state index contributed by atoms with van der Waals surface area (Å²) in [6.45, 7) is 1.78. The fourth-order valence-corrected chi connectivity index (χ4v) is 2.25. The van der Waals surface area contributed by atoms with Gasteiger partial charge >= 0.3 is 12.0 Å². The number of fused-ring (bicyclic) bond motifs is 1. The Balaban J connectivity index is 1.97. The van der Waals surface area contributed by atoms with E-state index in [4.69, 9.17) is 5.11 Å². The minimum Gasteiger partial charge on any atom is -0.481 e. The van der Waals surface area contributed by atoms with Crippen LogP contribution >= 0.6 is 0 Å². The first-order valence-electron chi connectivity index (χ1n) is 6.67. The molecule has 0 spiro atoms. The second kappa shape index (κ2) is 6.27. The van der Waals surface area contributed by atoms with Crippen molar-refractivity contribution in [3.63, 3.8) is 0 Å². The molecule has 0 radical (unpaired) electrons. The van der Waals surface area contributed by atoms with E-state index in [-0.39, 0.29) is 12.5 Å². The van der Waals surface area contributed by atoms with Gasteiger partial charge < -0.3 is 15.3 Å². The van der Waals surface area contributed by atoms with E-state index >= 15 is 0 Å². The Morgan fingerprint density at radius 2 is 1.95 bits per heavy atom. The van der Waals surface area contributed by atoms with Crippen LogP contribution < -0.4 is 15.1 Å². The second-order valence-electron chi connectivity index (χ2n) is 4.79. The maximum Gasteiger partial charge on any atom is 0.322 e. The number of carbonyl (C=O) groups excluding carboxylic acids is 1. The topological polar surface area (TPSA) is 72.9 Å². The minimum atomic E-state index is -0.843. The lowest BCUT2D eigenvalue weighted by Gasteiger charge is -2.35. The number of amides is 2. The van der Waals surface area contributed by atoms with Crippen LogP contribution in [0.3, 0.4) is 0 Å². The summed E-state index contributed by atoms with van der Waals surface area (Å²) in [5.41, 5.74) is 1.91. The van der Waals surface area contributed by atoms with Crippen molar-refractivity contribution in [2.45, 2.75) is 12.8 Å². The van der Waals surface area contributed by atoms with Gasteiger partial charge in [0.05, 0.1) is 11.4 Å². The number of likely N-dealkylation sites (N-methyl/N-ethyl adjacent to an activating group) is 1. The first-order chi connectivity index (χ1) is 9.59. The lowest BCUT2D eigenvalue weighted by atomic mass is 10.2. The third kappa shape index (κ3) is 3.20. The average molecular weight is 277 g/mol. The number of benzene rings is 1. The van der Waals surface area contributed by atoms with Gasteiger partial charge in [-0.05, 0) is 18.6 Å². The van der Waals surface area contributed by atoms with Crippen molar-refractivity contribution < 1.29 is 14.7 Å². The SMILES string of the molecule is CN1CCN(C(=O)NCCCC(=O)O)c2ccccc21. The van der Waals surface area contributed by atoms with E-state index in [1.54, 1.807) is 4.90 Å². The predicted octanol–water partition coefficient (Wildman–Crippen LogP) is 1.52. The first-order valence-corrected chi connectivity index (χ1v) is 6.67. The fourth-order valence-electron chi connectivity index (χ4n) is 2.25. The lowest BCUT2D eigenvalue weighted by molar-refractivity contribution is -0.137. The quantitative estimate of drug-likeness (QED) is 0.818. The van der Waals surface area contributed by atoms with E-state index in [9.17, 15) is 9.59 Å². The van der Waals surface area contributed by atoms with Gasteiger partial charge in [-0.2, -0.15) is 0 Å². The number of para-hydroxylation sites is 2. The van der Waals surface area contributed by atoms with Crippen LogP contribution in [0.1, 0.15) is 12.8 Å². The highest BCUT2D eigenvalue weighted by atomic mass is 16.4. The number of nitrogens with zero attached hydrogens (tertiary/aromatic N) is 2. The number of carboxylic acids is 1. The molecule has 0 aliphatic carbocycles. The monoisotopic (exact) mass is 277 g/mol. The van der Waals surface area contributed by atoms with Gasteiger partial charge in [0.15, 0.2) is 0 Å². The van der Waals surface area contributed by atoms with Crippen molar-refractivity contribution in [1.82, 2.24) is 5.32 Å². The third-order valence-electron chi connectivity index (χ3n) is 3.33. The summed E-state index contributed by atoms with van der Waals surface area (Å²) in [6, 6.07) is 7.59. The van der Waals surface area contributed by atoms with Crippen molar-refractivity contribution in [2.24, 2.45) is 0 Å². The van der Waals surface area contributed by atoms with Crippen molar-refractivity contribution in [3.8, 4) is 0 Å². The van der Waals surface area contributed by atoms with E-state index in [0.29, 0.717) is 19.5 Å². The standard InChI is InChI=1S/C14H19N3O3/c1-16-9-10-17(12-6-3-2-5-11(12)16)14(20)15-8-4-7-13(18)19/h2-3,5-6H,4,7-10H2,1H3,(H,15,20)(H,18,19). The summed E-state index contributed by atoms with van der Waals surface area (Å²) in [5.74, 6) is -0.843. The first kappa shape index (κ1) is 14.2. The van der Waals surface area contributed by atoms with Crippen LogP contribution in [-0.4, -0.2) is 43.8 Å². The van der Waals surface area contributed by atoms with Gasteiger partial charge in [-0.15, -0.1) is 0 Å². The van der Waals surface area contributed by atoms with Gasteiger partial charge in [-0.3, -0.25) is 9.69 Å². The van der Waals surface area contributed by atoms with Gasteiger partial charge in [-0.1, -0.05) is 12.1 Å². The van der Waals surface area contributed by atoms with Gasteiger partial charge in [0.1, 0.15) is 0 Å². The highest BCUT2D eigenvalue weighted by molar-refractivity contribution is 5.96. The average Bonchev–Trinajstić information content (AvgIpc) is 2.44.